The van der Waals surface area contributed by atoms with Crippen LogP contribution in [0.15, 0.2) is 18.3 Å². The van der Waals surface area contributed by atoms with E-state index >= 15 is 0 Å². The lowest BCUT2D eigenvalue weighted by atomic mass is 9.87. The highest BCUT2D eigenvalue weighted by molar-refractivity contribution is 5.28. The molecule has 0 radical (unpaired) electrons. The number of pyridine rings is 1. The Kier molecular flexibility index (Phi) is 2.14. The average Bonchev–Trinajstić information content (AvgIpc) is 2.05. The van der Waals surface area contributed by atoms with Gasteiger partial charge >= 0.3 is 0 Å². The first-order chi connectivity index (χ1) is 5.56. The first kappa shape index (κ1) is 8.73. The molecule has 1 aromatic heterocycles. The van der Waals surface area contributed by atoms with Gasteiger partial charge in [0.1, 0.15) is 0 Å². The predicted molar refractivity (Wildman–Crippen MR) is 47.6 cm³/mol. The maximum atomic E-state index is 8.84. The first-order valence-corrected chi connectivity index (χ1v) is 3.90. The monoisotopic (exact) mass is 160 g/mol. The van der Waals surface area contributed by atoms with Crippen molar-refractivity contribution in [3.05, 3.63) is 29.6 Å². The summed E-state index contributed by atoms with van der Waals surface area (Å²) >= 11 is 0. The Morgan fingerprint density at radius 2 is 2.08 bits per heavy atom. The van der Waals surface area contributed by atoms with E-state index in [4.69, 9.17) is 5.26 Å². The van der Waals surface area contributed by atoms with Crippen LogP contribution in [0.2, 0.25) is 0 Å². The van der Waals surface area contributed by atoms with Gasteiger partial charge in [-0.1, -0.05) is 6.07 Å². The van der Waals surface area contributed by atoms with Crippen molar-refractivity contribution in [3.63, 3.8) is 0 Å². The van der Waals surface area contributed by atoms with E-state index in [1.807, 2.05) is 32.9 Å². The average molecular weight is 160 g/mol. The molecule has 62 valence electrons. The summed E-state index contributed by atoms with van der Waals surface area (Å²) < 4.78 is 0. The Labute approximate surface area is 72.9 Å². The molecular formula is C10H12N2. The summed E-state index contributed by atoms with van der Waals surface area (Å²) in [6.45, 7) is 5.71. The lowest BCUT2D eigenvalue weighted by Gasteiger charge is -2.14. The minimum atomic E-state index is -0.430. The molecule has 1 rings (SSSR count). The second-order valence-electron chi connectivity index (χ2n) is 3.43. The van der Waals surface area contributed by atoms with Gasteiger partial charge < -0.3 is 0 Å². The Bertz CT molecular complexity index is 304. The van der Waals surface area contributed by atoms with Gasteiger partial charge in [0.05, 0.1) is 11.5 Å². The van der Waals surface area contributed by atoms with Gasteiger partial charge in [0, 0.05) is 11.9 Å². The molecule has 2 heteroatoms. The molecule has 0 saturated heterocycles. The van der Waals surface area contributed by atoms with Crippen LogP contribution in [-0.4, -0.2) is 4.98 Å². The summed E-state index contributed by atoms with van der Waals surface area (Å²) in [5.74, 6) is 0. The summed E-state index contributed by atoms with van der Waals surface area (Å²) in [6, 6.07) is 6.11. The van der Waals surface area contributed by atoms with Crippen molar-refractivity contribution in [1.82, 2.24) is 4.98 Å². The van der Waals surface area contributed by atoms with Gasteiger partial charge in [0.15, 0.2) is 0 Å². The molecule has 0 atom stereocenters. The van der Waals surface area contributed by atoms with Crippen molar-refractivity contribution in [2.24, 2.45) is 0 Å². The molecule has 0 aliphatic rings. The van der Waals surface area contributed by atoms with Crippen LogP contribution in [0.1, 0.15) is 25.1 Å². The quantitative estimate of drug-likeness (QED) is 0.631. The lowest BCUT2D eigenvalue weighted by Crippen LogP contribution is -2.13. The molecular weight excluding hydrogens is 148 g/mol. The van der Waals surface area contributed by atoms with Gasteiger partial charge in [0.2, 0.25) is 0 Å². The summed E-state index contributed by atoms with van der Waals surface area (Å²) in [5.41, 5.74) is 1.52. The number of hydrogen-bond acceptors (Lipinski definition) is 2. The number of aryl methyl sites for hydroxylation is 1. The fraction of sp³-hybridized carbons (Fsp3) is 0.400. The zero-order chi connectivity index (χ0) is 9.19. The number of nitriles is 1. The predicted octanol–water partition coefficient (Wildman–Crippen LogP) is 2.19. The van der Waals surface area contributed by atoms with Crippen molar-refractivity contribution < 1.29 is 0 Å². The van der Waals surface area contributed by atoms with E-state index in [9.17, 15) is 0 Å². The zero-order valence-corrected chi connectivity index (χ0v) is 7.63. The normalized spacial score (nSPS) is 10.8. The van der Waals surface area contributed by atoms with Gasteiger partial charge in [-0.05, 0) is 32.4 Å². The maximum absolute atomic E-state index is 8.84. The second-order valence-corrected chi connectivity index (χ2v) is 3.43. The van der Waals surface area contributed by atoms with Crippen LogP contribution in [0.25, 0.3) is 0 Å². The number of hydrogen-bond donors (Lipinski definition) is 0. The molecule has 0 saturated carbocycles. The topological polar surface area (TPSA) is 36.7 Å². The fourth-order valence-corrected chi connectivity index (χ4v) is 0.902. The Hall–Kier alpha value is -1.36. The second kappa shape index (κ2) is 2.94. The standard InChI is InChI=1S/C10H12N2/c1-8-4-5-9(6-12-8)10(2,3)7-11/h4-6H,1-3H3. The molecule has 0 fully saturated rings. The van der Waals surface area contributed by atoms with E-state index in [0.29, 0.717) is 0 Å². The van der Waals surface area contributed by atoms with Crippen LogP contribution in [0.3, 0.4) is 0 Å². The van der Waals surface area contributed by atoms with Crippen molar-refractivity contribution in [3.8, 4) is 6.07 Å². The Morgan fingerprint density at radius 3 is 2.50 bits per heavy atom. The first-order valence-electron chi connectivity index (χ1n) is 3.90. The Balaban J connectivity index is 3.07. The fourth-order valence-electron chi connectivity index (χ4n) is 0.902. The van der Waals surface area contributed by atoms with E-state index in [0.717, 1.165) is 11.3 Å². The highest BCUT2D eigenvalue weighted by atomic mass is 14.7. The smallest absolute Gasteiger partial charge is 0.0781 e. The van der Waals surface area contributed by atoms with Crippen molar-refractivity contribution >= 4 is 0 Å². The highest BCUT2D eigenvalue weighted by Gasteiger charge is 2.19. The van der Waals surface area contributed by atoms with E-state index in [2.05, 4.69) is 11.1 Å². The number of rotatable bonds is 1. The highest BCUT2D eigenvalue weighted by Crippen LogP contribution is 2.20. The van der Waals surface area contributed by atoms with Crippen LogP contribution in [-0.2, 0) is 5.41 Å². The number of aromatic nitrogens is 1. The van der Waals surface area contributed by atoms with Crippen LogP contribution in [0.5, 0.6) is 0 Å². The van der Waals surface area contributed by atoms with Gasteiger partial charge in [0.25, 0.3) is 0 Å². The van der Waals surface area contributed by atoms with Gasteiger partial charge in [-0.3, -0.25) is 4.98 Å². The van der Waals surface area contributed by atoms with Gasteiger partial charge in [-0.25, -0.2) is 0 Å². The Morgan fingerprint density at radius 1 is 1.42 bits per heavy atom. The van der Waals surface area contributed by atoms with Crippen molar-refractivity contribution in [2.45, 2.75) is 26.2 Å². The van der Waals surface area contributed by atoms with E-state index < -0.39 is 5.41 Å². The van der Waals surface area contributed by atoms with Crippen LogP contribution < -0.4 is 0 Å². The molecule has 0 aliphatic heterocycles. The summed E-state index contributed by atoms with van der Waals surface area (Å²) in [5, 5.41) is 8.84. The van der Waals surface area contributed by atoms with Crippen LogP contribution in [0, 0.1) is 18.3 Å². The molecule has 0 amide bonds. The molecule has 0 unspecified atom stereocenters. The minimum absolute atomic E-state index is 0.430. The van der Waals surface area contributed by atoms with E-state index in [-0.39, 0.29) is 0 Å². The molecule has 0 bridgehead atoms. The van der Waals surface area contributed by atoms with Crippen molar-refractivity contribution in [1.29, 1.82) is 5.26 Å². The third kappa shape index (κ3) is 1.62. The maximum Gasteiger partial charge on any atom is 0.0781 e. The largest absolute Gasteiger partial charge is 0.261 e. The van der Waals surface area contributed by atoms with Crippen LogP contribution in [0.4, 0.5) is 0 Å². The van der Waals surface area contributed by atoms with Crippen molar-refractivity contribution in [2.75, 3.05) is 0 Å². The lowest BCUT2D eigenvalue weighted by molar-refractivity contribution is 0.682. The minimum Gasteiger partial charge on any atom is -0.261 e. The molecule has 12 heavy (non-hydrogen) atoms. The number of nitrogens with zero attached hydrogens (tertiary/aromatic N) is 2. The summed E-state index contributed by atoms with van der Waals surface area (Å²) in [7, 11) is 0. The third-order valence-electron chi connectivity index (χ3n) is 1.91. The van der Waals surface area contributed by atoms with E-state index in [1.54, 1.807) is 6.20 Å². The summed E-state index contributed by atoms with van der Waals surface area (Å²) in [6.07, 6.45) is 1.76. The van der Waals surface area contributed by atoms with Gasteiger partial charge in [-0.15, -0.1) is 0 Å². The van der Waals surface area contributed by atoms with Gasteiger partial charge in [-0.2, -0.15) is 5.26 Å². The third-order valence-corrected chi connectivity index (χ3v) is 1.91. The molecule has 1 aromatic rings. The summed E-state index contributed by atoms with van der Waals surface area (Å²) in [4.78, 5) is 4.14. The zero-order valence-electron chi connectivity index (χ0n) is 7.63. The SMILES string of the molecule is Cc1ccc(C(C)(C)C#N)cn1. The molecule has 1 heterocycles. The molecule has 2 nitrogen and oxygen atoms in total. The molecule has 0 aliphatic carbocycles. The molecule has 0 aromatic carbocycles. The van der Waals surface area contributed by atoms with Crippen LogP contribution >= 0.6 is 0 Å². The molecule has 0 spiro atoms. The molecule has 0 N–H and O–H groups in total. The van der Waals surface area contributed by atoms with E-state index in [1.165, 1.54) is 0 Å².